The smallest absolute Gasteiger partial charge is 0.247 e. The quantitative estimate of drug-likeness (QED) is 0.730. The monoisotopic (exact) mass is 350 g/mol. The van der Waals surface area contributed by atoms with Crippen LogP contribution in [0.4, 0.5) is 11.8 Å². The second-order valence-electron chi connectivity index (χ2n) is 5.18. The van der Waals surface area contributed by atoms with Gasteiger partial charge in [-0.2, -0.15) is 10.1 Å². The third kappa shape index (κ3) is 4.87. The SMILES string of the molecule is CCN(CC)c1nncc(NCCc2ccc(S(N)(=O)=O)cc2)n1. The fraction of sp³-hybridized carbons (Fsp3) is 0.400. The van der Waals surface area contributed by atoms with E-state index in [2.05, 4.69) is 20.5 Å². The second-order valence-corrected chi connectivity index (χ2v) is 6.74. The van der Waals surface area contributed by atoms with Crippen LogP contribution in [0.2, 0.25) is 0 Å². The van der Waals surface area contributed by atoms with Crippen LogP contribution in [0.25, 0.3) is 0 Å². The summed E-state index contributed by atoms with van der Waals surface area (Å²) in [6, 6.07) is 6.52. The molecule has 1 heterocycles. The first kappa shape index (κ1) is 18.1. The number of primary sulfonamides is 1. The summed E-state index contributed by atoms with van der Waals surface area (Å²) in [6.45, 7) is 6.36. The van der Waals surface area contributed by atoms with E-state index in [0.29, 0.717) is 18.3 Å². The van der Waals surface area contributed by atoms with E-state index >= 15 is 0 Å². The van der Waals surface area contributed by atoms with Crippen molar-refractivity contribution in [1.82, 2.24) is 15.2 Å². The van der Waals surface area contributed by atoms with Crippen molar-refractivity contribution in [3.05, 3.63) is 36.0 Å². The molecule has 0 fully saturated rings. The average molecular weight is 350 g/mol. The zero-order chi connectivity index (χ0) is 17.6. The number of nitrogens with two attached hydrogens (primary N) is 1. The van der Waals surface area contributed by atoms with Gasteiger partial charge >= 0.3 is 0 Å². The molecule has 0 aliphatic carbocycles. The molecule has 1 aromatic heterocycles. The van der Waals surface area contributed by atoms with E-state index in [9.17, 15) is 8.42 Å². The van der Waals surface area contributed by atoms with Crippen LogP contribution in [0.5, 0.6) is 0 Å². The number of sulfonamides is 1. The van der Waals surface area contributed by atoms with Crippen molar-refractivity contribution in [2.45, 2.75) is 25.2 Å². The summed E-state index contributed by atoms with van der Waals surface area (Å²) in [4.78, 5) is 6.57. The fourth-order valence-electron chi connectivity index (χ4n) is 2.20. The summed E-state index contributed by atoms with van der Waals surface area (Å²) in [5.74, 6) is 1.26. The number of anilines is 2. The molecule has 2 rings (SSSR count). The molecule has 0 radical (unpaired) electrons. The number of benzene rings is 1. The molecule has 130 valence electrons. The lowest BCUT2D eigenvalue weighted by molar-refractivity contribution is 0.598. The molecular weight excluding hydrogens is 328 g/mol. The molecular formula is C15H22N6O2S. The zero-order valence-electron chi connectivity index (χ0n) is 13.8. The topological polar surface area (TPSA) is 114 Å². The van der Waals surface area contributed by atoms with E-state index in [4.69, 9.17) is 5.14 Å². The molecule has 2 aromatic rings. The summed E-state index contributed by atoms with van der Waals surface area (Å²) >= 11 is 0. The van der Waals surface area contributed by atoms with Crippen molar-refractivity contribution >= 4 is 21.8 Å². The van der Waals surface area contributed by atoms with Gasteiger partial charge in [-0.1, -0.05) is 12.1 Å². The lowest BCUT2D eigenvalue weighted by atomic mass is 10.1. The van der Waals surface area contributed by atoms with Gasteiger partial charge in [0.15, 0.2) is 5.82 Å². The molecule has 0 aliphatic rings. The molecule has 0 spiro atoms. The predicted molar refractivity (Wildman–Crippen MR) is 93.4 cm³/mol. The van der Waals surface area contributed by atoms with Crippen LogP contribution in [0.15, 0.2) is 35.4 Å². The highest BCUT2D eigenvalue weighted by Gasteiger charge is 2.08. The Morgan fingerprint density at radius 2 is 1.83 bits per heavy atom. The lowest BCUT2D eigenvalue weighted by Crippen LogP contribution is -2.25. The summed E-state index contributed by atoms with van der Waals surface area (Å²) in [5.41, 5.74) is 1.00. The van der Waals surface area contributed by atoms with Gasteiger partial charge in [0.1, 0.15) is 0 Å². The van der Waals surface area contributed by atoms with Crippen molar-refractivity contribution < 1.29 is 8.42 Å². The number of hydrogen-bond donors (Lipinski definition) is 2. The van der Waals surface area contributed by atoms with Crippen LogP contribution in [0, 0.1) is 0 Å². The van der Waals surface area contributed by atoms with Crippen molar-refractivity contribution in [2.24, 2.45) is 5.14 Å². The molecule has 3 N–H and O–H groups in total. The van der Waals surface area contributed by atoms with Gasteiger partial charge in [0, 0.05) is 19.6 Å². The van der Waals surface area contributed by atoms with Gasteiger partial charge in [0.2, 0.25) is 16.0 Å². The molecule has 0 bridgehead atoms. The molecule has 0 saturated heterocycles. The molecule has 0 aliphatic heterocycles. The van der Waals surface area contributed by atoms with Crippen LogP contribution in [-0.2, 0) is 16.4 Å². The van der Waals surface area contributed by atoms with E-state index in [0.717, 1.165) is 25.1 Å². The lowest BCUT2D eigenvalue weighted by Gasteiger charge is -2.18. The highest BCUT2D eigenvalue weighted by molar-refractivity contribution is 7.89. The van der Waals surface area contributed by atoms with Gasteiger partial charge in [-0.25, -0.2) is 13.6 Å². The normalized spacial score (nSPS) is 11.3. The highest BCUT2D eigenvalue weighted by atomic mass is 32.2. The van der Waals surface area contributed by atoms with Gasteiger partial charge in [-0.15, -0.1) is 5.10 Å². The van der Waals surface area contributed by atoms with Gasteiger partial charge in [-0.3, -0.25) is 0 Å². The Balaban J connectivity index is 1.93. The van der Waals surface area contributed by atoms with Crippen molar-refractivity contribution in [3.8, 4) is 0 Å². The van der Waals surface area contributed by atoms with Gasteiger partial charge in [0.25, 0.3) is 0 Å². The highest BCUT2D eigenvalue weighted by Crippen LogP contribution is 2.11. The van der Waals surface area contributed by atoms with E-state index in [1.165, 1.54) is 12.1 Å². The maximum absolute atomic E-state index is 11.2. The molecule has 0 amide bonds. The van der Waals surface area contributed by atoms with Crippen LogP contribution in [-0.4, -0.2) is 43.2 Å². The third-order valence-corrected chi connectivity index (χ3v) is 4.49. The first-order valence-corrected chi connectivity index (χ1v) is 9.29. The Morgan fingerprint density at radius 1 is 1.17 bits per heavy atom. The Kier molecular flexibility index (Phi) is 6.04. The number of aromatic nitrogens is 3. The van der Waals surface area contributed by atoms with E-state index in [1.54, 1.807) is 18.3 Å². The van der Waals surface area contributed by atoms with E-state index in [-0.39, 0.29) is 4.90 Å². The molecule has 9 heteroatoms. The molecule has 8 nitrogen and oxygen atoms in total. The predicted octanol–water partition coefficient (Wildman–Crippen LogP) is 1.02. The third-order valence-electron chi connectivity index (χ3n) is 3.57. The van der Waals surface area contributed by atoms with E-state index in [1.807, 2.05) is 18.7 Å². The molecule has 0 saturated carbocycles. The Bertz CT molecular complexity index is 760. The minimum absolute atomic E-state index is 0.114. The molecule has 1 aromatic carbocycles. The van der Waals surface area contributed by atoms with Gasteiger partial charge in [0.05, 0.1) is 11.1 Å². The van der Waals surface area contributed by atoms with Crippen LogP contribution in [0.3, 0.4) is 0 Å². The largest absolute Gasteiger partial charge is 0.368 e. The van der Waals surface area contributed by atoms with Crippen molar-refractivity contribution in [2.75, 3.05) is 29.9 Å². The maximum Gasteiger partial charge on any atom is 0.247 e. The van der Waals surface area contributed by atoms with Crippen molar-refractivity contribution in [1.29, 1.82) is 0 Å². The summed E-state index contributed by atoms with van der Waals surface area (Å²) in [5, 5.41) is 16.3. The molecule has 0 unspecified atom stereocenters. The summed E-state index contributed by atoms with van der Waals surface area (Å²) in [7, 11) is -3.65. The van der Waals surface area contributed by atoms with Crippen molar-refractivity contribution in [3.63, 3.8) is 0 Å². The fourth-order valence-corrected chi connectivity index (χ4v) is 2.72. The number of rotatable bonds is 8. The standard InChI is InChI=1S/C15H22N6O2S/c1-3-21(4-2)15-19-14(11-18-20-15)17-10-9-12-5-7-13(8-6-12)24(16,22)23/h5-8,11H,3-4,9-10H2,1-2H3,(H2,16,22,23)(H,17,19,20). The van der Waals surface area contributed by atoms with Gasteiger partial charge in [-0.05, 0) is 38.0 Å². The Morgan fingerprint density at radius 3 is 2.42 bits per heavy atom. The van der Waals surface area contributed by atoms with Crippen LogP contribution < -0.4 is 15.4 Å². The zero-order valence-corrected chi connectivity index (χ0v) is 14.6. The first-order valence-electron chi connectivity index (χ1n) is 7.74. The molecule has 0 atom stereocenters. The number of nitrogens with zero attached hydrogens (tertiary/aromatic N) is 4. The first-order chi connectivity index (χ1) is 11.4. The maximum atomic E-state index is 11.2. The van der Waals surface area contributed by atoms with Crippen LogP contribution >= 0.6 is 0 Å². The Labute approximate surface area is 142 Å². The summed E-state index contributed by atoms with van der Waals surface area (Å²) < 4.78 is 22.4. The summed E-state index contributed by atoms with van der Waals surface area (Å²) in [6.07, 6.45) is 2.30. The second kappa shape index (κ2) is 8.02. The van der Waals surface area contributed by atoms with Crippen LogP contribution in [0.1, 0.15) is 19.4 Å². The van der Waals surface area contributed by atoms with Gasteiger partial charge < -0.3 is 10.2 Å². The Hall–Kier alpha value is -2.26. The minimum atomic E-state index is -3.65. The average Bonchev–Trinajstić information content (AvgIpc) is 2.56. The van der Waals surface area contributed by atoms with E-state index < -0.39 is 10.0 Å². The number of nitrogens with one attached hydrogen (secondary N) is 1. The minimum Gasteiger partial charge on any atom is -0.368 e. The molecule has 24 heavy (non-hydrogen) atoms. The number of hydrogen-bond acceptors (Lipinski definition) is 7.